The van der Waals surface area contributed by atoms with Crippen molar-refractivity contribution in [2.24, 2.45) is 15.3 Å². The molecule has 1 unspecified atom stereocenters. The van der Waals surface area contributed by atoms with Gasteiger partial charge in [-0.05, 0) is 30.7 Å². The van der Waals surface area contributed by atoms with E-state index in [1.807, 2.05) is 17.9 Å². The van der Waals surface area contributed by atoms with E-state index in [1.54, 1.807) is 17.3 Å². The van der Waals surface area contributed by atoms with Gasteiger partial charge in [0.05, 0.1) is 29.6 Å². The summed E-state index contributed by atoms with van der Waals surface area (Å²) < 4.78 is 28.4. The van der Waals surface area contributed by atoms with Crippen molar-refractivity contribution in [2.45, 2.75) is 25.8 Å². The highest BCUT2D eigenvalue weighted by atomic mass is 19.1. The Morgan fingerprint density at radius 1 is 1.14 bits per heavy atom. The first-order valence-electron chi connectivity index (χ1n) is 11.3. The van der Waals surface area contributed by atoms with Gasteiger partial charge in [-0.15, -0.1) is 0 Å². The van der Waals surface area contributed by atoms with Crippen molar-refractivity contribution in [1.29, 1.82) is 5.26 Å². The molecule has 9 nitrogen and oxygen atoms in total. The van der Waals surface area contributed by atoms with E-state index in [-0.39, 0.29) is 17.3 Å². The third-order valence-electron chi connectivity index (χ3n) is 6.23. The summed E-state index contributed by atoms with van der Waals surface area (Å²) in [5.41, 5.74) is 2.46. The highest BCUT2D eigenvalue weighted by molar-refractivity contribution is 6.13. The number of nitrogens with zero attached hydrogens (tertiary/aromatic N) is 9. The molecule has 0 amide bonds. The van der Waals surface area contributed by atoms with Crippen molar-refractivity contribution >= 4 is 23.6 Å². The first-order chi connectivity index (χ1) is 16.9. The van der Waals surface area contributed by atoms with Gasteiger partial charge in [0.15, 0.2) is 5.82 Å². The van der Waals surface area contributed by atoms with Crippen LogP contribution in [0.2, 0.25) is 0 Å². The van der Waals surface area contributed by atoms with Gasteiger partial charge < -0.3 is 9.80 Å². The van der Waals surface area contributed by atoms with Crippen LogP contribution in [0.1, 0.15) is 42.6 Å². The van der Waals surface area contributed by atoms with Gasteiger partial charge >= 0.3 is 0 Å². The largest absolute Gasteiger partial charge is 0.354 e. The van der Waals surface area contributed by atoms with Crippen LogP contribution in [-0.2, 0) is 0 Å². The monoisotopic (exact) mass is 475 g/mol. The highest BCUT2D eigenvalue weighted by Gasteiger charge is 2.30. The second-order valence-corrected chi connectivity index (χ2v) is 8.59. The zero-order valence-electron chi connectivity index (χ0n) is 19.2. The van der Waals surface area contributed by atoms with Crippen molar-refractivity contribution in [3.63, 3.8) is 0 Å². The molecule has 0 N–H and O–H groups in total. The molecule has 3 aliphatic rings. The first-order valence-corrected chi connectivity index (χ1v) is 11.3. The van der Waals surface area contributed by atoms with Gasteiger partial charge in [-0.3, -0.25) is 0 Å². The topological polar surface area (TPSA) is 96.4 Å². The Morgan fingerprint density at radius 3 is 2.66 bits per heavy atom. The predicted octanol–water partition coefficient (Wildman–Crippen LogP) is 3.22. The molecule has 5 rings (SSSR count). The van der Waals surface area contributed by atoms with Crippen molar-refractivity contribution in [1.82, 2.24) is 19.9 Å². The molecule has 3 aliphatic heterocycles. The molecule has 1 atom stereocenters. The lowest BCUT2D eigenvalue weighted by Crippen LogP contribution is -2.48. The Hall–Kier alpha value is -4.20. The fraction of sp³-hybridized carbons (Fsp3) is 0.333. The molecule has 2 aromatic rings. The van der Waals surface area contributed by atoms with E-state index in [0.717, 1.165) is 5.71 Å². The van der Waals surface area contributed by atoms with Gasteiger partial charge in [0.2, 0.25) is 5.95 Å². The van der Waals surface area contributed by atoms with Crippen LogP contribution in [0.15, 0.2) is 52.1 Å². The Labute approximate surface area is 201 Å². The van der Waals surface area contributed by atoms with E-state index < -0.39 is 11.6 Å². The normalized spacial score (nSPS) is 19.6. The van der Waals surface area contributed by atoms with E-state index in [2.05, 4.69) is 36.8 Å². The summed E-state index contributed by atoms with van der Waals surface area (Å²) in [6, 6.07) is 6.10. The molecular formula is C24H23F2N9. The molecule has 35 heavy (non-hydrogen) atoms. The van der Waals surface area contributed by atoms with Gasteiger partial charge in [0.25, 0.3) is 0 Å². The van der Waals surface area contributed by atoms with Crippen molar-refractivity contribution in [3.05, 3.63) is 65.3 Å². The summed E-state index contributed by atoms with van der Waals surface area (Å²) in [7, 11) is 0. The van der Waals surface area contributed by atoms with E-state index in [1.165, 1.54) is 18.3 Å². The van der Waals surface area contributed by atoms with Gasteiger partial charge in [0.1, 0.15) is 17.3 Å². The maximum Gasteiger partial charge on any atom is 0.226 e. The number of hydrogen-bond acceptors (Lipinski definition) is 9. The maximum absolute atomic E-state index is 14.4. The van der Waals surface area contributed by atoms with Crippen molar-refractivity contribution in [2.75, 3.05) is 31.1 Å². The summed E-state index contributed by atoms with van der Waals surface area (Å²) >= 11 is 0. The molecule has 0 aliphatic carbocycles. The highest BCUT2D eigenvalue weighted by Crippen LogP contribution is 2.33. The Kier molecular flexibility index (Phi) is 5.94. The summed E-state index contributed by atoms with van der Waals surface area (Å²) in [5, 5.41) is 23.5. The van der Waals surface area contributed by atoms with Gasteiger partial charge in [-0.25, -0.2) is 23.8 Å². The first kappa shape index (κ1) is 22.6. The SMILES string of the molecule is C=C(N1CCN(c2ncc(F)c(C3=NN=C(C)C3)n2)CC1)N1N=CCC1c1cc(F)cc(C#N)c1. The van der Waals surface area contributed by atoms with Crippen molar-refractivity contribution in [3.8, 4) is 6.07 Å². The minimum Gasteiger partial charge on any atom is -0.354 e. The number of aromatic nitrogens is 2. The molecule has 0 bridgehead atoms. The standard InChI is InChI=1S/C24H23F2N9/c1-15-9-21(32-31-15)23-20(26)14-28-24(30-23)34-7-5-33(6-8-34)16(2)35-22(3-4-29-35)18-10-17(13-27)11-19(25)12-18/h4,10-12,14,22H,2-3,5-9H2,1H3. The molecular weight excluding hydrogens is 452 g/mol. The third-order valence-corrected chi connectivity index (χ3v) is 6.23. The maximum atomic E-state index is 14.4. The lowest BCUT2D eigenvalue weighted by atomic mass is 10.0. The quantitative estimate of drug-likeness (QED) is 0.659. The molecule has 1 aromatic heterocycles. The molecule has 1 fully saturated rings. The lowest BCUT2D eigenvalue weighted by Gasteiger charge is -2.40. The number of anilines is 1. The summed E-state index contributed by atoms with van der Waals surface area (Å²) in [4.78, 5) is 12.7. The second kappa shape index (κ2) is 9.21. The molecule has 0 radical (unpaired) electrons. The van der Waals surface area contributed by atoms with Crippen LogP contribution in [-0.4, -0.2) is 63.7 Å². The van der Waals surface area contributed by atoms with Gasteiger partial charge in [0, 0.05) is 50.9 Å². The molecule has 1 aromatic carbocycles. The number of rotatable bonds is 5. The number of halogens is 2. The lowest BCUT2D eigenvalue weighted by molar-refractivity contribution is 0.179. The molecule has 0 spiro atoms. The van der Waals surface area contributed by atoms with E-state index in [0.29, 0.717) is 62.1 Å². The van der Waals surface area contributed by atoms with Crippen LogP contribution in [0.25, 0.3) is 0 Å². The second-order valence-electron chi connectivity index (χ2n) is 8.59. The fourth-order valence-electron chi connectivity index (χ4n) is 4.42. The average molecular weight is 476 g/mol. The third kappa shape index (κ3) is 4.47. The Morgan fingerprint density at radius 2 is 1.94 bits per heavy atom. The van der Waals surface area contributed by atoms with Gasteiger partial charge in [-0.2, -0.15) is 20.6 Å². The Balaban J connectivity index is 1.26. The van der Waals surface area contributed by atoms with Crippen LogP contribution in [0.4, 0.5) is 14.7 Å². The molecule has 4 heterocycles. The summed E-state index contributed by atoms with van der Waals surface area (Å²) in [6.45, 7) is 8.54. The van der Waals surface area contributed by atoms with E-state index in [4.69, 9.17) is 0 Å². The van der Waals surface area contributed by atoms with Gasteiger partial charge in [-0.1, -0.05) is 6.58 Å². The zero-order chi connectivity index (χ0) is 24.5. The number of benzene rings is 1. The fourth-order valence-corrected chi connectivity index (χ4v) is 4.42. The smallest absolute Gasteiger partial charge is 0.226 e. The number of piperazine rings is 1. The summed E-state index contributed by atoms with van der Waals surface area (Å²) in [6.07, 6.45) is 4.01. The molecule has 178 valence electrons. The zero-order valence-corrected chi connectivity index (χ0v) is 19.2. The molecule has 1 saturated heterocycles. The van der Waals surface area contributed by atoms with Crippen LogP contribution in [0, 0.1) is 23.0 Å². The van der Waals surface area contributed by atoms with Crippen LogP contribution < -0.4 is 4.90 Å². The van der Waals surface area contributed by atoms with Crippen LogP contribution >= 0.6 is 0 Å². The average Bonchev–Trinajstić information content (AvgIpc) is 3.53. The number of hydrazone groups is 1. The minimum atomic E-state index is -0.515. The molecule has 11 heteroatoms. The summed E-state index contributed by atoms with van der Waals surface area (Å²) in [5.74, 6) is 0.174. The number of nitriles is 1. The molecule has 0 saturated carbocycles. The number of hydrogen-bond donors (Lipinski definition) is 0. The van der Waals surface area contributed by atoms with E-state index >= 15 is 0 Å². The van der Waals surface area contributed by atoms with Crippen LogP contribution in [0.3, 0.4) is 0 Å². The van der Waals surface area contributed by atoms with E-state index in [9.17, 15) is 14.0 Å². The predicted molar refractivity (Wildman–Crippen MR) is 128 cm³/mol. The van der Waals surface area contributed by atoms with Crippen LogP contribution in [0.5, 0.6) is 0 Å². The Bertz CT molecular complexity index is 1300. The van der Waals surface area contributed by atoms with Crippen molar-refractivity contribution < 1.29 is 8.78 Å². The minimum absolute atomic E-state index is 0.184.